The molecule has 0 unspecified atom stereocenters. The van der Waals surface area contributed by atoms with E-state index in [-0.39, 0.29) is 5.91 Å². The van der Waals surface area contributed by atoms with E-state index in [0.717, 1.165) is 27.6 Å². The largest absolute Gasteiger partial charge is 0.488 e. The van der Waals surface area contributed by atoms with Crippen LogP contribution in [0.15, 0.2) is 114 Å². The van der Waals surface area contributed by atoms with Gasteiger partial charge in [0.1, 0.15) is 12.4 Å². The van der Waals surface area contributed by atoms with Crippen LogP contribution >= 0.6 is 11.6 Å². The van der Waals surface area contributed by atoms with Gasteiger partial charge in [0, 0.05) is 34.2 Å². The Hall–Kier alpha value is -4.35. The Bertz CT molecular complexity index is 1510. The van der Waals surface area contributed by atoms with Crippen molar-refractivity contribution in [2.24, 2.45) is 5.10 Å². The highest BCUT2D eigenvalue weighted by Crippen LogP contribution is 2.22. The van der Waals surface area contributed by atoms with Gasteiger partial charge in [-0.05, 0) is 41.5 Å². The number of ether oxygens (including phenoxy) is 1. The number of para-hydroxylation sites is 2. The molecule has 4 aromatic carbocycles. The van der Waals surface area contributed by atoms with Gasteiger partial charge in [0.05, 0.1) is 11.8 Å². The van der Waals surface area contributed by atoms with Crippen molar-refractivity contribution < 1.29 is 9.53 Å². The maximum atomic E-state index is 12.9. The molecule has 0 aliphatic carbocycles. The highest BCUT2D eigenvalue weighted by atomic mass is 35.5. The zero-order chi connectivity index (χ0) is 24.7. The van der Waals surface area contributed by atoms with E-state index in [1.165, 1.54) is 0 Å². The van der Waals surface area contributed by atoms with Gasteiger partial charge < -0.3 is 9.30 Å². The van der Waals surface area contributed by atoms with Crippen molar-refractivity contribution in [3.8, 4) is 5.75 Å². The minimum Gasteiger partial charge on any atom is -0.488 e. The molecule has 0 saturated carbocycles. The van der Waals surface area contributed by atoms with Gasteiger partial charge in [-0.15, -0.1) is 0 Å². The fourth-order valence-electron chi connectivity index (χ4n) is 4.03. The number of carbonyl (C=O) groups is 1. The highest BCUT2D eigenvalue weighted by molar-refractivity contribution is 6.30. The van der Waals surface area contributed by atoms with Crippen molar-refractivity contribution in [1.29, 1.82) is 0 Å². The molecule has 6 heteroatoms. The van der Waals surface area contributed by atoms with Crippen molar-refractivity contribution in [3.05, 3.63) is 137 Å². The van der Waals surface area contributed by atoms with Gasteiger partial charge in [0.25, 0.3) is 5.91 Å². The molecular formula is C30H24ClN3O2. The number of hydrazone groups is 1. The number of nitrogens with one attached hydrogen (secondary N) is 1. The number of rotatable bonds is 8. The topological polar surface area (TPSA) is 55.6 Å². The van der Waals surface area contributed by atoms with Gasteiger partial charge in [-0.2, -0.15) is 5.10 Å². The van der Waals surface area contributed by atoms with E-state index in [1.54, 1.807) is 24.4 Å². The molecule has 0 saturated heterocycles. The predicted molar refractivity (Wildman–Crippen MR) is 145 cm³/mol. The molecule has 1 aromatic heterocycles. The summed E-state index contributed by atoms with van der Waals surface area (Å²) in [5, 5.41) is 6.01. The zero-order valence-corrected chi connectivity index (χ0v) is 20.2. The number of aromatic nitrogens is 1. The van der Waals surface area contributed by atoms with Crippen molar-refractivity contribution >= 4 is 34.6 Å². The number of halogens is 1. The number of carbonyl (C=O) groups excluding carboxylic acids is 1. The summed E-state index contributed by atoms with van der Waals surface area (Å²) in [6, 6.07) is 32.9. The molecule has 1 heterocycles. The lowest BCUT2D eigenvalue weighted by atomic mass is 10.2. The van der Waals surface area contributed by atoms with Crippen LogP contribution in [0.1, 0.15) is 27.0 Å². The molecule has 0 aliphatic rings. The summed E-state index contributed by atoms with van der Waals surface area (Å²) >= 11 is 6.03. The average Bonchev–Trinajstić information content (AvgIpc) is 3.26. The summed E-state index contributed by atoms with van der Waals surface area (Å²) < 4.78 is 8.07. The summed E-state index contributed by atoms with van der Waals surface area (Å²) in [6.45, 7) is 1.07. The number of benzene rings is 4. The predicted octanol–water partition coefficient (Wildman–Crippen LogP) is 6.69. The normalized spacial score (nSPS) is 11.1. The third-order valence-electron chi connectivity index (χ3n) is 5.82. The van der Waals surface area contributed by atoms with E-state index in [9.17, 15) is 4.79 Å². The quantitative estimate of drug-likeness (QED) is 0.193. The summed E-state index contributed by atoms with van der Waals surface area (Å²) in [6.07, 6.45) is 3.71. The molecule has 1 N–H and O–H groups in total. The molecule has 0 spiro atoms. The van der Waals surface area contributed by atoms with Crippen LogP contribution in [-0.2, 0) is 13.2 Å². The van der Waals surface area contributed by atoms with E-state index in [1.807, 2.05) is 85.1 Å². The molecule has 1 amide bonds. The number of hydrogen-bond acceptors (Lipinski definition) is 3. The van der Waals surface area contributed by atoms with Crippen LogP contribution in [0.4, 0.5) is 0 Å². The van der Waals surface area contributed by atoms with Gasteiger partial charge in [-0.3, -0.25) is 4.79 Å². The first-order chi connectivity index (χ1) is 17.7. The Balaban J connectivity index is 1.31. The third kappa shape index (κ3) is 5.48. The van der Waals surface area contributed by atoms with E-state index in [4.69, 9.17) is 16.3 Å². The standard InChI is InChI=1S/C30H24ClN3O2/c31-25-16-14-22(15-17-25)19-34-20-24(26-10-4-6-12-28(26)34)18-32-33-30(35)27-11-5-7-13-29(27)36-21-23-8-2-1-3-9-23/h1-18,20H,19,21H2,(H,33,35). The number of fused-ring (bicyclic) bond motifs is 1. The second kappa shape index (κ2) is 10.9. The Morgan fingerprint density at radius 1 is 0.861 bits per heavy atom. The SMILES string of the molecule is O=C(NN=Cc1cn(Cc2ccc(Cl)cc2)c2ccccc12)c1ccccc1OCc1ccccc1. The summed E-state index contributed by atoms with van der Waals surface area (Å²) in [5.41, 5.74) is 7.23. The average molecular weight is 494 g/mol. The maximum absolute atomic E-state index is 12.9. The van der Waals surface area contributed by atoms with Gasteiger partial charge in [0.2, 0.25) is 0 Å². The van der Waals surface area contributed by atoms with Crippen LogP contribution in [0.3, 0.4) is 0 Å². The maximum Gasteiger partial charge on any atom is 0.275 e. The van der Waals surface area contributed by atoms with Crippen molar-refractivity contribution in [3.63, 3.8) is 0 Å². The van der Waals surface area contributed by atoms with Crippen LogP contribution < -0.4 is 10.2 Å². The molecular weight excluding hydrogens is 470 g/mol. The minimum atomic E-state index is -0.334. The summed E-state index contributed by atoms with van der Waals surface area (Å²) in [4.78, 5) is 12.9. The van der Waals surface area contributed by atoms with E-state index < -0.39 is 0 Å². The first-order valence-corrected chi connectivity index (χ1v) is 12.0. The number of nitrogens with zero attached hydrogens (tertiary/aromatic N) is 2. The van der Waals surface area contributed by atoms with Gasteiger partial charge >= 0.3 is 0 Å². The van der Waals surface area contributed by atoms with Gasteiger partial charge in [0.15, 0.2) is 0 Å². The van der Waals surface area contributed by atoms with Gasteiger partial charge in [-0.1, -0.05) is 84.4 Å². The summed E-state index contributed by atoms with van der Waals surface area (Å²) in [7, 11) is 0. The third-order valence-corrected chi connectivity index (χ3v) is 6.08. The second-order valence-corrected chi connectivity index (χ2v) is 8.76. The fourth-order valence-corrected chi connectivity index (χ4v) is 4.16. The van der Waals surface area contributed by atoms with Crippen molar-refractivity contribution in [2.45, 2.75) is 13.2 Å². The zero-order valence-electron chi connectivity index (χ0n) is 19.5. The van der Waals surface area contributed by atoms with E-state index >= 15 is 0 Å². The van der Waals surface area contributed by atoms with E-state index in [2.05, 4.69) is 21.2 Å². The molecule has 0 bridgehead atoms. The molecule has 178 valence electrons. The van der Waals surface area contributed by atoms with E-state index in [0.29, 0.717) is 29.5 Å². The molecule has 5 aromatic rings. The van der Waals surface area contributed by atoms with Crippen molar-refractivity contribution in [2.75, 3.05) is 0 Å². The first kappa shape index (κ1) is 23.4. The smallest absolute Gasteiger partial charge is 0.275 e. The van der Waals surface area contributed by atoms with Crippen LogP contribution in [0.2, 0.25) is 5.02 Å². The number of hydrogen-bond donors (Lipinski definition) is 1. The Labute approximate surface area is 214 Å². The first-order valence-electron chi connectivity index (χ1n) is 11.6. The lowest BCUT2D eigenvalue weighted by Gasteiger charge is -2.10. The van der Waals surface area contributed by atoms with Crippen LogP contribution in [0.5, 0.6) is 5.75 Å². The van der Waals surface area contributed by atoms with Gasteiger partial charge in [-0.25, -0.2) is 5.43 Å². The molecule has 5 rings (SSSR count). The van der Waals surface area contributed by atoms with Crippen molar-refractivity contribution in [1.82, 2.24) is 9.99 Å². The van der Waals surface area contributed by atoms with Crippen LogP contribution in [0.25, 0.3) is 10.9 Å². The monoisotopic (exact) mass is 493 g/mol. The second-order valence-electron chi connectivity index (χ2n) is 8.33. The Morgan fingerprint density at radius 3 is 2.42 bits per heavy atom. The molecule has 0 atom stereocenters. The van der Waals surface area contributed by atoms with Crippen LogP contribution in [0, 0.1) is 0 Å². The van der Waals surface area contributed by atoms with Crippen LogP contribution in [-0.4, -0.2) is 16.7 Å². The molecule has 0 aliphatic heterocycles. The summed E-state index contributed by atoms with van der Waals surface area (Å²) in [5.74, 6) is 0.174. The Morgan fingerprint density at radius 2 is 1.58 bits per heavy atom. The molecule has 36 heavy (non-hydrogen) atoms. The lowest BCUT2D eigenvalue weighted by Crippen LogP contribution is -2.18. The fraction of sp³-hybridized carbons (Fsp3) is 0.0667. The molecule has 0 fully saturated rings. The minimum absolute atomic E-state index is 0.334. The Kier molecular flexibility index (Phi) is 7.10. The molecule has 5 nitrogen and oxygen atoms in total. The highest BCUT2D eigenvalue weighted by Gasteiger charge is 2.12. The molecule has 0 radical (unpaired) electrons. The number of amides is 1. The lowest BCUT2D eigenvalue weighted by molar-refractivity contribution is 0.0950.